The third kappa shape index (κ3) is 4.92. The summed E-state index contributed by atoms with van der Waals surface area (Å²) in [5.74, 6) is 0.663. The van der Waals surface area contributed by atoms with Crippen LogP contribution in [0.25, 0.3) is 0 Å². The molecule has 0 aliphatic rings. The predicted octanol–water partition coefficient (Wildman–Crippen LogP) is 3.70. The zero-order valence-electron chi connectivity index (χ0n) is 13.0. The molecule has 0 saturated carbocycles. The average Bonchev–Trinajstić information content (AvgIpc) is 2.63. The Hall–Kier alpha value is -0.350. The van der Waals surface area contributed by atoms with Gasteiger partial charge in [-0.05, 0) is 61.0 Å². The molecule has 0 saturated heterocycles. The largest absolute Gasteiger partial charge is 0.314 e. The van der Waals surface area contributed by atoms with E-state index in [2.05, 4.69) is 54.0 Å². The van der Waals surface area contributed by atoms with Crippen LogP contribution in [-0.2, 0) is 19.9 Å². The van der Waals surface area contributed by atoms with Gasteiger partial charge in [-0.25, -0.2) is 0 Å². The van der Waals surface area contributed by atoms with E-state index in [9.17, 15) is 0 Å². The van der Waals surface area contributed by atoms with Gasteiger partial charge in [0.2, 0.25) is 0 Å². The van der Waals surface area contributed by atoms with Crippen LogP contribution in [0.1, 0.15) is 51.9 Å². The Morgan fingerprint density at radius 3 is 2.53 bits per heavy atom. The van der Waals surface area contributed by atoms with Crippen LogP contribution >= 0.6 is 15.9 Å². The third-order valence-electron chi connectivity index (χ3n) is 3.54. The molecule has 1 rings (SSSR count). The summed E-state index contributed by atoms with van der Waals surface area (Å²) in [7, 11) is 2.05. The lowest BCUT2D eigenvalue weighted by Crippen LogP contribution is -2.29. The Morgan fingerprint density at radius 1 is 1.32 bits per heavy atom. The van der Waals surface area contributed by atoms with Crippen molar-refractivity contribution in [2.75, 3.05) is 6.54 Å². The minimum Gasteiger partial charge on any atom is -0.314 e. The molecule has 0 amide bonds. The topological polar surface area (TPSA) is 29.9 Å². The van der Waals surface area contributed by atoms with Crippen LogP contribution < -0.4 is 5.32 Å². The zero-order chi connectivity index (χ0) is 14.4. The fraction of sp³-hybridized carbons (Fsp3) is 0.800. The van der Waals surface area contributed by atoms with Crippen LogP contribution in [0.4, 0.5) is 0 Å². The van der Waals surface area contributed by atoms with Gasteiger partial charge >= 0.3 is 0 Å². The number of aromatic nitrogens is 2. The van der Waals surface area contributed by atoms with Crippen molar-refractivity contribution in [2.45, 2.75) is 59.4 Å². The SMILES string of the molecule is CCCNC(C)CC(C)Cc1c(Br)c(CC)nn1C. The first-order valence-electron chi connectivity index (χ1n) is 7.43. The van der Waals surface area contributed by atoms with E-state index >= 15 is 0 Å². The molecule has 19 heavy (non-hydrogen) atoms. The molecule has 0 radical (unpaired) electrons. The van der Waals surface area contributed by atoms with Crippen molar-refractivity contribution in [3.05, 3.63) is 15.9 Å². The maximum atomic E-state index is 4.56. The summed E-state index contributed by atoms with van der Waals surface area (Å²) in [6, 6.07) is 0.590. The number of halogens is 1. The lowest BCUT2D eigenvalue weighted by atomic mass is 9.97. The number of aryl methyl sites for hydroxylation is 2. The van der Waals surface area contributed by atoms with E-state index in [1.54, 1.807) is 0 Å². The van der Waals surface area contributed by atoms with Gasteiger partial charge in [-0.1, -0.05) is 20.8 Å². The molecule has 2 atom stereocenters. The van der Waals surface area contributed by atoms with Crippen LogP contribution in [-0.4, -0.2) is 22.4 Å². The first-order chi connectivity index (χ1) is 8.99. The van der Waals surface area contributed by atoms with Crippen molar-refractivity contribution in [1.82, 2.24) is 15.1 Å². The molecule has 0 aliphatic heterocycles. The molecule has 2 unspecified atom stereocenters. The first-order valence-corrected chi connectivity index (χ1v) is 8.22. The molecule has 0 bridgehead atoms. The van der Waals surface area contributed by atoms with Crippen molar-refractivity contribution in [2.24, 2.45) is 13.0 Å². The highest BCUT2D eigenvalue weighted by molar-refractivity contribution is 9.10. The molecular formula is C15H28BrN3. The number of rotatable bonds is 8. The van der Waals surface area contributed by atoms with Crippen molar-refractivity contribution in [3.8, 4) is 0 Å². The predicted molar refractivity (Wildman–Crippen MR) is 85.5 cm³/mol. The van der Waals surface area contributed by atoms with E-state index in [1.165, 1.54) is 28.7 Å². The molecule has 0 fully saturated rings. The third-order valence-corrected chi connectivity index (χ3v) is 4.46. The van der Waals surface area contributed by atoms with Gasteiger partial charge in [0.25, 0.3) is 0 Å². The summed E-state index contributed by atoms with van der Waals surface area (Å²) < 4.78 is 3.24. The van der Waals surface area contributed by atoms with Gasteiger partial charge in [0.05, 0.1) is 15.9 Å². The summed E-state index contributed by atoms with van der Waals surface area (Å²) in [6.45, 7) is 10.1. The summed E-state index contributed by atoms with van der Waals surface area (Å²) >= 11 is 3.70. The normalized spacial score (nSPS) is 14.6. The van der Waals surface area contributed by atoms with Crippen molar-refractivity contribution >= 4 is 15.9 Å². The fourth-order valence-electron chi connectivity index (χ4n) is 2.53. The molecule has 0 aromatic carbocycles. The van der Waals surface area contributed by atoms with Crippen LogP contribution in [0.5, 0.6) is 0 Å². The van der Waals surface area contributed by atoms with E-state index in [1.807, 2.05) is 11.7 Å². The quantitative estimate of drug-likeness (QED) is 0.788. The Labute approximate surface area is 126 Å². The van der Waals surface area contributed by atoms with Crippen LogP contribution in [0, 0.1) is 5.92 Å². The Morgan fingerprint density at radius 2 is 2.00 bits per heavy atom. The highest BCUT2D eigenvalue weighted by Crippen LogP contribution is 2.25. The summed E-state index contributed by atoms with van der Waals surface area (Å²) in [5.41, 5.74) is 2.49. The zero-order valence-corrected chi connectivity index (χ0v) is 14.5. The maximum Gasteiger partial charge on any atom is 0.0766 e. The van der Waals surface area contributed by atoms with Gasteiger partial charge in [-0.15, -0.1) is 0 Å². The summed E-state index contributed by atoms with van der Waals surface area (Å²) in [5, 5.41) is 8.13. The molecule has 1 aromatic heterocycles. The molecule has 1 aromatic rings. The van der Waals surface area contributed by atoms with Crippen molar-refractivity contribution in [1.29, 1.82) is 0 Å². The second-order valence-electron chi connectivity index (χ2n) is 5.58. The Balaban J connectivity index is 2.57. The molecule has 110 valence electrons. The molecule has 4 heteroatoms. The second-order valence-corrected chi connectivity index (χ2v) is 6.38. The molecular weight excluding hydrogens is 302 g/mol. The monoisotopic (exact) mass is 329 g/mol. The summed E-state index contributed by atoms with van der Waals surface area (Å²) in [6.07, 6.45) is 4.48. The summed E-state index contributed by atoms with van der Waals surface area (Å²) in [4.78, 5) is 0. The van der Waals surface area contributed by atoms with Crippen LogP contribution in [0.3, 0.4) is 0 Å². The van der Waals surface area contributed by atoms with Gasteiger partial charge in [-0.2, -0.15) is 5.10 Å². The van der Waals surface area contributed by atoms with Crippen molar-refractivity contribution < 1.29 is 0 Å². The van der Waals surface area contributed by atoms with Gasteiger partial charge < -0.3 is 5.32 Å². The second kappa shape index (κ2) is 8.05. The van der Waals surface area contributed by atoms with E-state index in [4.69, 9.17) is 0 Å². The van der Waals surface area contributed by atoms with Crippen molar-refractivity contribution in [3.63, 3.8) is 0 Å². The van der Waals surface area contributed by atoms with Gasteiger partial charge in [0.1, 0.15) is 0 Å². The number of hydrogen-bond acceptors (Lipinski definition) is 2. The number of nitrogens with one attached hydrogen (secondary N) is 1. The lowest BCUT2D eigenvalue weighted by Gasteiger charge is -2.18. The van der Waals surface area contributed by atoms with Crippen LogP contribution in [0.15, 0.2) is 4.47 Å². The highest BCUT2D eigenvalue weighted by Gasteiger charge is 2.16. The Bertz CT molecular complexity index is 387. The molecule has 0 spiro atoms. The average molecular weight is 330 g/mol. The standard InChI is InChI=1S/C15H28BrN3/c1-6-8-17-12(4)9-11(3)10-14-15(16)13(7-2)18-19(14)5/h11-12,17H,6-10H2,1-5H3. The van der Waals surface area contributed by atoms with Gasteiger partial charge in [0, 0.05) is 13.1 Å². The van der Waals surface area contributed by atoms with E-state index in [0.717, 1.165) is 19.4 Å². The molecule has 3 nitrogen and oxygen atoms in total. The smallest absolute Gasteiger partial charge is 0.0766 e. The molecule has 0 aliphatic carbocycles. The van der Waals surface area contributed by atoms with E-state index < -0.39 is 0 Å². The highest BCUT2D eigenvalue weighted by atomic mass is 79.9. The maximum absolute atomic E-state index is 4.56. The lowest BCUT2D eigenvalue weighted by molar-refractivity contribution is 0.413. The van der Waals surface area contributed by atoms with Crippen LogP contribution in [0.2, 0.25) is 0 Å². The van der Waals surface area contributed by atoms with E-state index in [0.29, 0.717) is 12.0 Å². The van der Waals surface area contributed by atoms with Gasteiger partial charge in [0.15, 0.2) is 0 Å². The number of nitrogens with zero attached hydrogens (tertiary/aromatic N) is 2. The minimum absolute atomic E-state index is 0.590. The van der Waals surface area contributed by atoms with E-state index in [-0.39, 0.29) is 0 Å². The fourth-order valence-corrected chi connectivity index (χ4v) is 3.31. The van der Waals surface area contributed by atoms with Gasteiger partial charge in [-0.3, -0.25) is 4.68 Å². The minimum atomic E-state index is 0.590. The molecule has 1 heterocycles. The number of hydrogen-bond donors (Lipinski definition) is 1. The Kier molecular flexibility index (Phi) is 7.08. The first kappa shape index (κ1) is 16.7. The molecule has 1 N–H and O–H groups in total.